The number of aromatic amines is 1. The number of H-pyrrole nitrogens is 1. The van der Waals surface area contributed by atoms with Crippen molar-refractivity contribution in [2.45, 2.75) is 26.1 Å². The van der Waals surface area contributed by atoms with Crippen LogP contribution < -0.4 is 16.4 Å². The molecule has 0 aliphatic carbocycles. The van der Waals surface area contributed by atoms with Crippen molar-refractivity contribution in [3.05, 3.63) is 56.9 Å². The van der Waals surface area contributed by atoms with Gasteiger partial charge in [-0.2, -0.15) is 0 Å². The number of aliphatic carboxylic acids is 1. The van der Waals surface area contributed by atoms with Crippen LogP contribution in [0.1, 0.15) is 12.1 Å². The monoisotopic (exact) mass is 372 g/mol. The molecule has 140 valence electrons. The van der Waals surface area contributed by atoms with Gasteiger partial charge in [-0.05, 0) is 12.1 Å². The normalized spacial score (nSPS) is 10.8. The third-order valence-corrected chi connectivity index (χ3v) is 3.80. The zero-order chi connectivity index (χ0) is 19.4. The first-order valence-electron chi connectivity index (χ1n) is 8.03. The summed E-state index contributed by atoms with van der Waals surface area (Å²) in [5.74, 6) is -1.41. The van der Waals surface area contributed by atoms with E-state index in [4.69, 9.17) is 5.11 Å². The van der Waals surface area contributed by atoms with Gasteiger partial charge in [0, 0.05) is 6.42 Å². The highest BCUT2D eigenvalue weighted by Crippen LogP contribution is 2.02. The molecule has 0 fully saturated rings. The Labute approximate surface area is 151 Å². The Kier molecular flexibility index (Phi) is 5.11. The summed E-state index contributed by atoms with van der Waals surface area (Å²) in [7, 11) is 0. The first-order valence-corrected chi connectivity index (χ1v) is 8.03. The highest BCUT2D eigenvalue weighted by Gasteiger charge is 2.10. The number of rotatable bonds is 7. The summed E-state index contributed by atoms with van der Waals surface area (Å²) in [4.78, 5) is 46.9. The van der Waals surface area contributed by atoms with Crippen LogP contribution in [-0.2, 0) is 29.2 Å². The van der Waals surface area contributed by atoms with Crippen LogP contribution in [0.3, 0.4) is 0 Å². The van der Waals surface area contributed by atoms with Crippen molar-refractivity contribution in [3.63, 3.8) is 0 Å². The van der Waals surface area contributed by atoms with Gasteiger partial charge in [-0.25, -0.2) is 9.36 Å². The Morgan fingerprint density at radius 3 is 2.67 bits per heavy atom. The number of carbonyl (C=O) groups is 2. The number of nitrogens with zero attached hydrogens (tertiary/aromatic N) is 4. The van der Waals surface area contributed by atoms with Gasteiger partial charge in [0.2, 0.25) is 5.91 Å². The second kappa shape index (κ2) is 7.64. The third-order valence-electron chi connectivity index (χ3n) is 3.80. The van der Waals surface area contributed by atoms with Gasteiger partial charge >= 0.3 is 5.97 Å². The number of fused-ring (bicyclic) bond motifs is 1. The fraction of sp³-hybridized carbons (Fsp3) is 0.250. The maximum absolute atomic E-state index is 12.4. The number of amides is 1. The van der Waals surface area contributed by atoms with E-state index in [9.17, 15) is 19.2 Å². The molecule has 0 spiro atoms. The predicted octanol–water partition coefficient (Wildman–Crippen LogP) is -0.928. The molecule has 27 heavy (non-hydrogen) atoms. The molecular weight excluding hydrogens is 356 g/mol. The number of nitrogens with one attached hydrogen (secondary N) is 2. The van der Waals surface area contributed by atoms with Crippen molar-refractivity contribution in [1.82, 2.24) is 30.1 Å². The number of carboxylic acid groups (broad SMARTS) is 1. The second-order valence-corrected chi connectivity index (χ2v) is 5.77. The van der Waals surface area contributed by atoms with Gasteiger partial charge in [0.1, 0.15) is 12.2 Å². The summed E-state index contributed by atoms with van der Waals surface area (Å²) in [6.45, 7) is -0.239. The number of benzene rings is 1. The van der Waals surface area contributed by atoms with Crippen molar-refractivity contribution in [2.24, 2.45) is 0 Å². The van der Waals surface area contributed by atoms with E-state index in [1.807, 2.05) is 0 Å². The Morgan fingerprint density at radius 1 is 1.19 bits per heavy atom. The van der Waals surface area contributed by atoms with Crippen LogP contribution in [0.15, 0.2) is 40.1 Å². The van der Waals surface area contributed by atoms with E-state index in [2.05, 4.69) is 20.7 Å². The van der Waals surface area contributed by atoms with Crippen molar-refractivity contribution < 1.29 is 14.7 Å². The lowest BCUT2D eigenvalue weighted by Gasteiger charge is -2.07. The van der Waals surface area contributed by atoms with Crippen LogP contribution >= 0.6 is 0 Å². The fourth-order valence-corrected chi connectivity index (χ4v) is 2.53. The van der Waals surface area contributed by atoms with Gasteiger partial charge in [0.15, 0.2) is 0 Å². The minimum Gasteiger partial charge on any atom is -0.480 e. The van der Waals surface area contributed by atoms with Gasteiger partial charge in [-0.1, -0.05) is 17.3 Å². The Morgan fingerprint density at radius 2 is 1.93 bits per heavy atom. The van der Waals surface area contributed by atoms with E-state index in [1.54, 1.807) is 24.3 Å². The molecular formula is C16H16N6O5. The van der Waals surface area contributed by atoms with Crippen molar-refractivity contribution in [2.75, 3.05) is 0 Å². The quantitative estimate of drug-likeness (QED) is 0.484. The minimum atomic E-state index is -1.05. The molecule has 2 heterocycles. The van der Waals surface area contributed by atoms with Gasteiger partial charge in [0.25, 0.3) is 11.1 Å². The van der Waals surface area contributed by atoms with Gasteiger partial charge < -0.3 is 10.4 Å². The van der Waals surface area contributed by atoms with Crippen molar-refractivity contribution >= 4 is 22.6 Å². The summed E-state index contributed by atoms with van der Waals surface area (Å²) in [5, 5.41) is 21.7. The first-order chi connectivity index (χ1) is 12.9. The van der Waals surface area contributed by atoms with Gasteiger partial charge in [-0.3, -0.25) is 24.3 Å². The Bertz CT molecular complexity index is 1110. The summed E-state index contributed by atoms with van der Waals surface area (Å²) in [6, 6.07) is 6.45. The molecule has 1 amide bonds. The number of aromatic nitrogens is 5. The topological polar surface area (TPSA) is 152 Å². The zero-order valence-corrected chi connectivity index (χ0v) is 14.1. The number of aryl methyl sites for hydroxylation is 1. The fourth-order valence-electron chi connectivity index (χ4n) is 2.53. The standard InChI is InChI=1S/C16H16N6O5/c23-13(17-7-10-8-21(20-18-10)9-14(24)25)5-6-22-16(27)12-4-2-1-3-11(12)15(26)19-22/h1-4,8H,5-7,9H2,(H,17,23)(H,19,26)(H,24,25). The zero-order valence-electron chi connectivity index (χ0n) is 14.1. The summed E-state index contributed by atoms with van der Waals surface area (Å²) < 4.78 is 2.25. The molecule has 0 saturated heterocycles. The van der Waals surface area contributed by atoms with Crippen LogP contribution in [0.4, 0.5) is 0 Å². The van der Waals surface area contributed by atoms with E-state index in [-0.39, 0.29) is 42.9 Å². The molecule has 2 aromatic heterocycles. The molecule has 0 unspecified atom stereocenters. The largest absolute Gasteiger partial charge is 0.480 e. The lowest BCUT2D eigenvalue weighted by molar-refractivity contribution is -0.138. The van der Waals surface area contributed by atoms with Gasteiger partial charge in [0.05, 0.1) is 30.1 Å². The second-order valence-electron chi connectivity index (χ2n) is 5.77. The molecule has 0 radical (unpaired) electrons. The smallest absolute Gasteiger partial charge is 0.325 e. The van der Waals surface area contributed by atoms with Crippen LogP contribution in [-0.4, -0.2) is 41.8 Å². The first kappa shape index (κ1) is 18.0. The molecule has 1 aromatic carbocycles. The van der Waals surface area contributed by atoms with Crippen LogP contribution in [0.5, 0.6) is 0 Å². The average Bonchev–Trinajstić information content (AvgIpc) is 3.08. The SMILES string of the molecule is O=C(O)Cn1cc(CNC(=O)CCn2[nH]c(=O)c3ccccc3c2=O)nn1. The van der Waals surface area contributed by atoms with E-state index < -0.39 is 11.5 Å². The van der Waals surface area contributed by atoms with E-state index in [0.29, 0.717) is 11.1 Å². The number of hydrogen-bond acceptors (Lipinski definition) is 6. The Balaban J connectivity index is 1.59. The van der Waals surface area contributed by atoms with Crippen molar-refractivity contribution in [3.8, 4) is 0 Å². The maximum atomic E-state index is 12.4. The summed E-state index contributed by atoms with van der Waals surface area (Å²) in [5.41, 5.74) is -0.379. The molecule has 3 N–H and O–H groups in total. The summed E-state index contributed by atoms with van der Waals surface area (Å²) in [6.07, 6.45) is 1.39. The third kappa shape index (κ3) is 4.26. The molecule has 0 atom stereocenters. The summed E-state index contributed by atoms with van der Waals surface area (Å²) >= 11 is 0. The highest BCUT2D eigenvalue weighted by atomic mass is 16.4. The molecule has 0 bridgehead atoms. The lowest BCUT2D eigenvalue weighted by atomic mass is 10.2. The molecule has 0 aliphatic heterocycles. The number of carboxylic acids is 1. The Hall–Kier alpha value is -3.76. The molecule has 11 nitrogen and oxygen atoms in total. The molecule has 0 aliphatic rings. The molecule has 3 rings (SSSR count). The van der Waals surface area contributed by atoms with Crippen LogP contribution in [0.25, 0.3) is 10.8 Å². The van der Waals surface area contributed by atoms with E-state index in [1.165, 1.54) is 6.20 Å². The minimum absolute atomic E-state index is 0.0104. The van der Waals surface area contributed by atoms with Crippen LogP contribution in [0.2, 0.25) is 0 Å². The van der Waals surface area contributed by atoms with E-state index in [0.717, 1.165) is 9.36 Å². The highest BCUT2D eigenvalue weighted by molar-refractivity contribution is 5.80. The van der Waals surface area contributed by atoms with Crippen LogP contribution in [0, 0.1) is 0 Å². The molecule has 3 aromatic rings. The predicted molar refractivity (Wildman–Crippen MR) is 93.0 cm³/mol. The lowest BCUT2D eigenvalue weighted by Crippen LogP contribution is -2.32. The van der Waals surface area contributed by atoms with Gasteiger partial charge in [-0.15, -0.1) is 5.10 Å². The number of hydrogen-bond donors (Lipinski definition) is 3. The number of carbonyl (C=O) groups excluding carboxylic acids is 1. The maximum Gasteiger partial charge on any atom is 0.325 e. The molecule has 0 saturated carbocycles. The van der Waals surface area contributed by atoms with E-state index >= 15 is 0 Å². The molecule has 11 heteroatoms. The van der Waals surface area contributed by atoms with Crippen molar-refractivity contribution in [1.29, 1.82) is 0 Å². The average molecular weight is 372 g/mol.